The lowest BCUT2D eigenvalue weighted by molar-refractivity contribution is -0.146. The Morgan fingerprint density at radius 3 is 2.62 bits per heavy atom. The Kier molecular flexibility index (Phi) is 4.92. The molecule has 1 unspecified atom stereocenters. The van der Waals surface area contributed by atoms with Crippen molar-refractivity contribution in [2.45, 2.75) is 19.4 Å². The number of Topliss-reactive ketones (excluding diaryl/α,β-unsaturated/α-hetero) is 1. The molecule has 1 heterocycles. The van der Waals surface area contributed by atoms with Crippen LogP contribution in [0.1, 0.15) is 18.4 Å². The molecule has 112 valence electrons. The Balaban J connectivity index is 1.88. The molecule has 1 aromatic rings. The lowest BCUT2D eigenvalue weighted by Gasteiger charge is -2.19. The third-order valence-corrected chi connectivity index (χ3v) is 3.47. The Morgan fingerprint density at radius 1 is 1.24 bits per heavy atom. The van der Waals surface area contributed by atoms with E-state index < -0.39 is 18.0 Å². The first-order valence-corrected chi connectivity index (χ1v) is 6.79. The van der Waals surface area contributed by atoms with Crippen LogP contribution < -0.4 is 0 Å². The zero-order chi connectivity index (χ0) is 15.2. The quantitative estimate of drug-likeness (QED) is 0.857. The molecular weight excluding hydrogens is 274 g/mol. The van der Waals surface area contributed by atoms with E-state index in [-0.39, 0.29) is 38.3 Å². The summed E-state index contributed by atoms with van der Waals surface area (Å²) in [4.78, 5) is 35.9. The molecule has 1 atom stereocenters. The number of ether oxygens (including phenoxy) is 1. The van der Waals surface area contributed by atoms with E-state index >= 15 is 0 Å². The molecular formula is C15H17NO5. The van der Waals surface area contributed by atoms with Crippen LogP contribution in [0.4, 0.5) is 4.79 Å². The van der Waals surface area contributed by atoms with Crippen LogP contribution in [0.25, 0.3) is 0 Å². The fourth-order valence-electron chi connectivity index (χ4n) is 2.23. The summed E-state index contributed by atoms with van der Waals surface area (Å²) in [5, 5.41) is 8.96. The molecule has 1 amide bonds. The molecule has 0 saturated carbocycles. The first-order chi connectivity index (χ1) is 10.1. The molecule has 0 spiro atoms. The maximum atomic E-state index is 12.0. The molecule has 1 saturated heterocycles. The zero-order valence-corrected chi connectivity index (χ0v) is 11.5. The summed E-state index contributed by atoms with van der Waals surface area (Å²) in [5.41, 5.74) is 0.875. The number of likely N-dealkylation sites (tertiary alicyclic amines) is 1. The summed E-state index contributed by atoms with van der Waals surface area (Å²) in [6.45, 7) is 0.582. The van der Waals surface area contributed by atoms with Crippen LogP contribution in [-0.2, 0) is 20.9 Å². The van der Waals surface area contributed by atoms with E-state index in [4.69, 9.17) is 9.84 Å². The minimum Gasteiger partial charge on any atom is -0.481 e. The summed E-state index contributed by atoms with van der Waals surface area (Å²) in [5.74, 6) is -2.47. The smallest absolute Gasteiger partial charge is 0.410 e. The number of aliphatic carboxylic acids is 1. The number of nitrogens with zero attached hydrogens (tertiary/aromatic N) is 1. The average molecular weight is 291 g/mol. The highest BCUT2D eigenvalue weighted by molar-refractivity contribution is 5.98. The van der Waals surface area contributed by atoms with Crippen molar-refractivity contribution in [3.8, 4) is 0 Å². The number of benzene rings is 1. The second-order valence-electron chi connectivity index (χ2n) is 4.92. The summed E-state index contributed by atoms with van der Waals surface area (Å²) >= 11 is 0. The molecule has 6 heteroatoms. The number of carbonyl (C=O) groups is 3. The van der Waals surface area contributed by atoms with Gasteiger partial charge in [0, 0.05) is 19.5 Å². The van der Waals surface area contributed by atoms with E-state index in [0.717, 1.165) is 5.56 Å². The molecule has 1 N–H and O–H groups in total. The standard InChI is InChI=1S/C15H17NO5/c17-13-7-9-16(8-6-12(13)14(18)19)15(20)21-10-11-4-2-1-3-5-11/h1-5,12H,6-10H2,(H,18,19). The van der Waals surface area contributed by atoms with Crippen molar-refractivity contribution in [1.29, 1.82) is 0 Å². The van der Waals surface area contributed by atoms with Crippen LogP contribution in [0.15, 0.2) is 30.3 Å². The fourth-order valence-corrected chi connectivity index (χ4v) is 2.23. The summed E-state index contributed by atoms with van der Waals surface area (Å²) in [7, 11) is 0. The van der Waals surface area contributed by atoms with E-state index in [9.17, 15) is 14.4 Å². The van der Waals surface area contributed by atoms with Crippen LogP contribution >= 0.6 is 0 Å². The Hall–Kier alpha value is -2.37. The zero-order valence-electron chi connectivity index (χ0n) is 11.5. The van der Waals surface area contributed by atoms with Crippen molar-refractivity contribution >= 4 is 17.8 Å². The molecule has 6 nitrogen and oxygen atoms in total. The maximum absolute atomic E-state index is 12.0. The molecule has 1 aromatic carbocycles. The molecule has 2 rings (SSSR count). The monoisotopic (exact) mass is 291 g/mol. The van der Waals surface area contributed by atoms with Crippen LogP contribution in [-0.4, -0.2) is 40.9 Å². The highest BCUT2D eigenvalue weighted by Gasteiger charge is 2.31. The number of hydrogen-bond donors (Lipinski definition) is 1. The predicted octanol–water partition coefficient (Wildman–Crippen LogP) is 1.69. The number of carboxylic acid groups (broad SMARTS) is 1. The van der Waals surface area contributed by atoms with Crippen molar-refractivity contribution < 1.29 is 24.2 Å². The first-order valence-electron chi connectivity index (χ1n) is 6.79. The number of rotatable bonds is 3. The number of hydrogen-bond acceptors (Lipinski definition) is 4. The average Bonchev–Trinajstić information content (AvgIpc) is 2.68. The molecule has 1 fully saturated rings. The van der Waals surface area contributed by atoms with Crippen molar-refractivity contribution in [1.82, 2.24) is 4.90 Å². The lowest BCUT2D eigenvalue weighted by atomic mass is 10.00. The van der Waals surface area contributed by atoms with Crippen molar-refractivity contribution in [3.05, 3.63) is 35.9 Å². The lowest BCUT2D eigenvalue weighted by Crippen LogP contribution is -2.32. The van der Waals surface area contributed by atoms with E-state index in [2.05, 4.69) is 0 Å². The second kappa shape index (κ2) is 6.88. The van der Waals surface area contributed by atoms with Gasteiger partial charge in [0.15, 0.2) is 0 Å². The van der Waals surface area contributed by atoms with Gasteiger partial charge in [-0.25, -0.2) is 4.79 Å². The number of carbonyl (C=O) groups excluding carboxylic acids is 2. The summed E-state index contributed by atoms with van der Waals surface area (Å²) in [6, 6.07) is 9.27. The largest absolute Gasteiger partial charge is 0.481 e. The Bertz CT molecular complexity index is 528. The van der Waals surface area contributed by atoms with Crippen molar-refractivity contribution in [2.24, 2.45) is 5.92 Å². The second-order valence-corrected chi connectivity index (χ2v) is 4.92. The fraction of sp³-hybridized carbons (Fsp3) is 0.400. The van der Waals surface area contributed by atoms with E-state index in [1.54, 1.807) is 0 Å². The van der Waals surface area contributed by atoms with Gasteiger partial charge in [0.2, 0.25) is 0 Å². The third kappa shape index (κ3) is 4.05. The van der Waals surface area contributed by atoms with Crippen LogP contribution in [0, 0.1) is 5.92 Å². The molecule has 1 aliphatic heterocycles. The Labute approximate surface area is 122 Å². The van der Waals surface area contributed by atoms with Crippen LogP contribution in [0.3, 0.4) is 0 Å². The van der Waals surface area contributed by atoms with Crippen molar-refractivity contribution in [2.75, 3.05) is 13.1 Å². The van der Waals surface area contributed by atoms with Gasteiger partial charge in [-0.3, -0.25) is 9.59 Å². The molecule has 0 bridgehead atoms. The van der Waals surface area contributed by atoms with Gasteiger partial charge in [0.1, 0.15) is 18.3 Å². The number of ketones is 1. The highest BCUT2D eigenvalue weighted by atomic mass is 16.6. The molecule has 0 aliphatic carbocycles. The molecule has 0 aromatic heterocycles. The minimum absolute atomic E-state index is 0.0530. The third-order valence-electron chi connectivity index (χ3n) is 3.47. The molecule has 1 aliphatic rings. The topological polar surface area (TPSA) is 83.9 Å². The number of amides is 1. The van der Waals surface area contributed by atoms with Gasteiger partial charge in [0.25, 0.3) is 0 Å². The summed E-state index contributed by atoms with van der Waals surface area (Å²) in [6.07, 6.45) is -0.330. The minimum atomic E-state index is -1.13. The van der Waals surface area contributed by atoms with Gasteiger partial charge >= 0.3 is 12.1 Å². The van der Waals surface area contributed by atoms with Gasteiger partial charge in [0.05, 0.1) is 0 Å². The van der Waals surface area contributed by atoms with Crippen molar-refractivity contribution in [3.63, 3.8) is 0 Å². The number of carboxylic acids is 1. The first kappa shape index (κ1) is 15.0. The van der Waals surface area contributed by atoms with Crippen LogP contribution in [0.2, 0.25) is 0 Å². The van der Waals surface area contributed by atoms with E-state index in [1.165, 1.54) is 4.90 Å². The predicted molar refractivity (Wildman–Crippen MR) is 73.6 cm³/mol. The Morgan fingerprint density at radius 2 is 1.95 bits per heavy atom. The van der Waals surface area contributed by atoms with Gasteiger partial charge in [-0.15, -0.1) is 0 Å². The van der Waals surface area contributed by atoms with Crippen LogP contribution in [0.5, 0.6) is 0 Å². The highest BCUT2D eigenvalue weighted by Crippen LogP contribution is 2.15. The van der Waals surface area contributed by atoms with E-state index in [1.807, 2.05) is 30.3 Å². The van der Waals surface area contributed by atoms with Gasteiger partial charge in [-0.1, -0.05) is 30.3 Å². The molecule has 21 heavy (non-hydrogen) atoms. The van der Waals surface area contributed by atoms with E-state index in [0.29, 0.717) is 0 Å². The van der Waals surface area contributed by atoms with Gasteiger partial charge in [-0.05, 0) is 12.0 Å². The maximum Gasteiger partial charge on any atom is 0.410 e. The SMILES string of the molecule is O=C(O)C1CCN(C(=O)OCc2ccccc2)CCC1=O. The molecule has 0 radical (unpaired) electrons. The normalized spacial score (nSPS) is 19.0. The summed E-state index contributed by atoms with van der Waals surface area (Å²) < 4.78 is 5.18. The van der Waals surface area contributed by atoms with Gasteiger partial charge in [-0.2, -0.15) is 0 Å². The van der Waals surface area contributed by atoms with Gasteiger partial charge < -0.3 is 14.7 Å².